The molecule has 0 fully saturated rings. The second-order valence-corrected chi connectivity index (χ2v) is 4.21. The molecule has 0 aliphatic heterocycles. The van der Waals surface area contributed by atoms with E-state index >= 15 is 0 Å². The van der Waals surface area contributed by atoms with Crippen LogP contribution in [0.5, 0.6) is 0 Å². The zero-order valence-electron chi connectivity index (χ0n) is 9.27. The van der Waals surface area contributed by atoms with Gasteiger partial charge in [0.1, 0.15) is 0 Å². The Hall–Kier alpha value is -1.03. The Morgan fingerprint density at radius 1 is 1.35 bits per heavy atom. The summed E-state index contributed by atoms with van der Waals surface area (Å²) >= 11 is 5.83. The van der Waals surface area contributed by atoms with Gasteiger partial charge in [0.15, 0.2) is 5.78 Å². The topological polar surface area (TPSA) is 17.1 Å². The van der Waals surface area contributed by atoms with Crippen molar-refractivity contribution in [2.75, 3.05) is 0 Å². The van der Waals surface area contributed by atoms with E-state index in [1.807, 2.05) is 0 Å². The quantitative estimate of drug-likeness (QED) is 0.729. The fraction of sp³-hybridized carbons (Fsp3) is 0.417. The molecule has 1 nitrogen and oxygen atoms in total. The van der Waals surface area contributed by atoms with Crippen molar-refractivity contribution in [3.8, 4) is 0 Å². The molecule has 1 aromatic rings. The zero-order chi connectivity index (χ0) is 13.1. The molecule has 0 radical (unpaired) electrons. The SMILES string of the molecule is Cc1c(Cl)cccc1C(=O)CCCC(F)(F)F. The molecule has 0 spiro atoms. The number of hydrogen-bond acceptors (Lipinski definition) is 1. The number of halogens is 4. The molecule has 0 atom stereocenters. The van der Waals surface area contributed by atoms with Crippen LogP contribution in [0.2, 0.25) is 5.02 Å². The molecule has 0 N–H and O–H groups in total. The highest BCUT2D eigenvalue weighted by Crippen LogP contribution is 2.24. The lowest BCUT2D eigenvalue weighted by Gasteiger charge is -2.07. The van der Waals surface area contributed by atoms with Gasteiger partial charge in [0, 0.05) is 23.4 Å². The van der Waals surface area contributed by atoms with Crippen molar-refractivity contribution in [2.24, 2.45) is 0 Å². The average Bonchev–Trinajstić information content (AvgIpc) is 2.20. The van der Waals surface area contributed by atoms with Gasteiger partial charge in [-0.3, -0.25) is 4.79 Å². The van der Waals surface area contributed by atoms with Crippen LogP contribution >= 0.6 is 11.6 Å². The lowest BCUT2D eigenvalue weighted by Crippen LogP contribution is -2.09. The Morgan fingerprint density at radius 2 is 2.00 bits per heavy atom. The summed E-state index contributed by atoms with van der Waals surface area (Å²) in [5.74, 6) is -0.297. The van der Waals surface area contributed by atoms with Crippen molar-refractivity contribution < 1.29 is 18.0 Å². The lowest BCUT2D eigenvalue weighted by atomic mass is 10.0. The van der Waals surface area contributed by atoms with Crippen LogP contribution in [0.4, 0.5) is 13.2 Å². The summed E-state index contributed by atoms with van der Waals surface area (Å²) in [5.41, 5.74) is 1.02. The van der Waals surface area contributed by atoms with E-state index in [0.29, 0.717) is 16.1 Å². The molecule has 1 aromatic carbocycles. The van der Waals surface area contributed by atoms with E-state index in [-0.39, 0.29) is 18.6 Å². The van der Waals surface area contributed by atoms with Crippen molar-refractivity contribution in [1.29, 1.82) is 0 Å². The largest absolute Gasteiger partial charge is 0.389 e. The second-order valence-electron chi connectivity index (χ2n) is 3.80. The highest BCUT2D eigenvalue weighted by Gasteiger charge is 2.26. The molecule has 0 aliphatic rings. The van der Waals surface area contributed by atoms with Crippen molar-refractivity contribution in [3.05, 3.63) is 34.3 Å². The van der Waals surface area contributed by atoms with Crippen molar-refractivity contribution in [1.82, 2.24) is 0 Å². The van der Waals surface area contributed by atoms with E-state index in [4.69, 9.17) is 11.6 Å². The minimum Gasteiger partial charge on any atom is -0.294 e. The van der Waals surface area contributed by atoms with Crippen LogP contribution in [0.15, 0.2) is 18.2 Å². The highest BCUT2D eigenvalue weighted by molar-refractivity contribution is 6.31. The van der Waals surface area contributed by atoms with Gasteiger partial charge in [-0.25, -0.2) is 0 Å². The predicted octanol–water partition coefficient (Wildman–Crippen LogP) is 4.56. The number of ketones is 1. The van der Waals surface area contributed by atoms with Gasteiger partial charge in [0.25, 0.3) is 0 Å². The Balaban J connectivity index is 2.62. The molecule has 5 heteroatoms. The molecule has 94 valence electrons. The first-order valence-electron chi connectivity index (χ1n) is 5.16. The molecule has 0 amide bonds. The van der Waals surface area contributed by atoms with Crippen LogP contribution in [0.3, 0.4) is 0 Å². The number of hydrogen-bond donors (Lipinski definition) is 0. The second kappa shape index (κ2) is 5.54. The van der Waals surface area contributed by atoms with Crippen LogP contribution in [-0.4, -0.2) is 12.0 Å². The molecule has 0 aromatic heterocycles. The number of carbonyl (C=O) groups is 1. The Labute approximate surface area is 103 Å². The van der Waals surface area contributed by atoms with Gasteiger partial charge >= 0.3 is 6.18 Å². The first-order chi connectivity index (χ1) is 7.81. The van der Waals surface area contributed by atoms with Gasteiger partial charge in [-0.1, -0.05) is 23.7 Å². The maximum absolute atomic E-state index is 11.9. The summed E-state index contributed by atoms with van der Waals surface area (Å²) in [4.78, 5) is 11.7. The molecule has 0 unspecified atom stereocenters. The molecule has 0 aliphatic carbocycles. The van der Waals surface area contributed by atoms with Gasteiger partial charge in [-0.15, -0.1) is 0 Å². The molecule has 0 bridgehead atoms. The van der Waals surface area contributed by atoms with Crippen molar-refractivity contribution in [3.63, 3.8) is 0 Å². The molecule has 0 saturated carbocycles. The Bertz CT molecular complexity index is 413. The van der Waals surface area contributed by atoms with Gasteiger partial charge in [-0.05, 0) is 25.0 Å². The lowest BCUT2D eigenvalue weighted by molar-refractivity contribution is -0.135. The highest BCUT2D eigenvalue weighted by atomic mass is 35.5. The fourth-order valence-corrected chi connectivity index (χ4v) is 1.67. The molecular weight excluding hydrogens is 253 g/mol. The van der Waals surface area contributed by atoms with E-state index in [1.54, 1.807) is 25.1 Å². The minimum atomic E-state index is -4.20. The van der Waals surface area contributed by atoms with Gasteiger partial charge < -0.3 is 0 Å². The molecule has 0 heterocycles. The molecule has 0 saturated heterocycles. The first kappa shape index (κ1) is 14.0. The third kappa shape index (κ3) is 4.38. The smallest absolute Gasteiger partial charge is 0.294 e. The number of rotatable bonds is 4. The monoisotopic (exact) mass is 264 g/mol. The molecule has 17 heavy (non-hydrogen) atoms. The molecule has 1 rings (SSSR count). The summed E-state index contributed by atoms with van der Waals surface area (Å²) in [6, 6.07) is 4.84. The van der Waals surface area contributed by atoms with Gasteiger partial charge in [-0.2, -0.15) is 13.2 Å². The van der Waals surface area contributed by atoms with Crippen LogP contribution in [-0.2, 0) is 0 Å². The first-order valence-corrected chi connectivity index (χ1v) is 5.54. The Kier molecular flexibility index (Phi) is 4.57. The standard InChI is InChI=1S/C12H12ClF3O/c1-8-9(4-2-5-10(8)13)11(17)6-3-7-12(14,15)16/h2,4-5H,3,6-7H2,1H3. The van der Waals surface area contributed by atoms with E-state index in [0.717, 1.165) is 0 Å². The predicted molar refractivity (Wildman–Crippen MR) is 60.4 cm³/mol. The van der Waals surface area contributed by atoms with E-state index in [2.05, 4.69) is 0 Å². The van der Waals surface area contributed by atoms with Gasteiger partial charge in [0.2, 0.25) is 0 Å². The van der Waals surface area contributed by atoms with Crippen molar-refractivity contribution in [2.45, 2.75) is 32.4 Å². The summed E-state index contributed by atoms with van der Waals surface area (Å²) in [6.45, 7) is 1.68. The van der Waals surface area contributed by atoms with Crippen LogP contribution < -0.4 is 0 Å². The van der Waals surface area contributed by atoms with Crippen molar-refractivity contribution >= 4 is 17.4 Å². The normalized spacial score (nSPS) is 11.6. The van der Waals surface area contributed by atoms with Crippen LogP contribution in [0.25, 0.3) is 0 Å². The third-order valence-corrected chi connectivity index (χ3v) is 2.84. The van der Waals surface area contributed by atoms with Crippen LogP contribution in [0.1, 0.15) is 35.2 Å². The fourth-order valence-electron chi connectivity index (χ4n) is 1.49. The number of Topliss-reactive ketones (excluding diaryl/α,β-unsaturated/α-hetero) is 1. The maximum Gasteiger partial charge on any atom is 0.389 e. The zero-order valence-corrected chi connectivity index (χ0v) is 10.0. The molecular formula is C12H12ClF3O. The number of carbonyl (C=O) groups excluding carboxylic acids is 1. The summed E-state index contributed by atoms with van der Waals surface area (Å²) < 4.78 is 35.8. The maximum atomic E-state index is 11.9. The average molecular weight is 265 g/mol. The van der Waals surface area contributed by atoms with Crippen LogP contribution in [0, 0.1) is 6.92 Å². The summed E-state index contributed by atoms with van der Waals surface area (Å²) in [5, 5.41) is 0.451. The Morgan fingerprint density at radius 3 is 2.59 bits per heavy atom. The number of alkyl halides is 3. The summed E-state index contributed by atoms with van der Waals surface area (Å²) in [7, 11) is 0. The summed E-state index contributed by atoms with van der Waals surface area (Å²) in [6.07, 6.45) is -5.43. The van der Waals surface area contributed by atoms with E-state index in [1.165, 1.54) is 0 Å². The third-order valence-electron chi connectivity index (χ3n) is 2.43. The van der Waals surface area contributed by atoms with E-state index < -0.39 is 12.6 Å². The minimum absolute atomic E-state index is 0.110. The van der Waals surface area contributed by atoms with E-state index in [9.17, 15) is 18.0 Å². The van der Waals surface area contributed by atoms with Gasteiger partial charge in [0.05, 0.1) is 0 Å². The number of benzene rings is 1.